The van der Waals surface area contributed by atoms with Gasteiger partial charge in [0.25, 0.3) is 5.92 Å². The molecule has 0 bridgehead atoms. The molecule has 0 radical (unpaired) electrons. The molecule has 1 rings (SSSR count). The van der Waals surface area contributed by atoms with Crippen LogP contribution in [0.5, 0.6) is 0 Å². The molecule has 1 atom stereocenters. The first kappa shape index (κ1) is 8.16. The van der Waals surface area contributed by atoms with Crippen molar-refractivity contribution in [1.29, 1.82) is 0 Å². The van der Waals surface area contributed by atoms with Crippen LogP contribution in [0.25, 0.3) is 0 Å². The molecule has 0 aromatic rings. The Kier molecular flexibility index (Phi) is 2.12. The van der Waals surface area contributed by atoms with Crippen molar-refractivity contribution in [3.8, 4) is 0 Å². The Morgan fingerprint density at radius 1 is 1.80 bits per heavy atom. The van der Waals surface area contributed by atoms with Crippen LogP contribution in [0.4, 0.5) is 8.78 Å². The molecule has 1 saturated carbocycles. The van der Waals surface area contributed by atoms with Gasteiger partial charge in [-0.05, 0) is 0 Å². The number of nitrogens with one attached hydrogen (secondary N) is 1. The third kappa shape index (κ3) is 1.77. The van der Waals surface area contributed by atoms with Crippen LogP contribution >= 0.6 is 22.6 Å². The minimum atomic E-state index is -2.64. The lowest BCUT2D eigenvalue weighted by molar-refractivity contribution is -0.119. The minimum Gasteiger partial charge on any atom is -0.346 e. The maximum Gasteiger partial charge on any atom is 0.270 e. The fraction of sp³-hybridized carbons (Fsp3) is 0.800. The molecular weight excluding hydrogens is 255 g/mol. The van der Waals surface area contributed by atoms with Gasteiger partial charge >= 0.3 is 0 Å². The minimum absolute atomic E-state index is 0.199. The van der Waals surface area contributed by atoms with Crippen molar-refractivity contribution in [3.63, 3.8) is 0 Å². The van der Waals surface area contributed by atoms with Crippen LogP contribution in [0.15, 0.2) is 0 Å². The molecule has 1 aliphatic rings. The van der Waals surface area contributed by atoms with Gasteiger partial charge in [-0.2, -0.15) is 0 Å². The van der Waals surface area contributed by atoms with Crippen LogP contribution in [-0.2, 0) is 4.79 Å². The first-order valence-corrected chi connectivity index (χ1v) is 4.32. The van der Waals surface area contributed by atoms with Crippen molar-refractivity contribution in [1.82, 2.24) is 5.32 Å². The van der Waals surface area contributed by atoms with E-state index in [4.69, 9.17) is 0 Å². The molecule has 0 aliphatic heterocycles. The Morgan fingerprint density at radius 2 is 2.30 bits per heavy atom. The van der Waals surface area contributed by atoms with Crippen LogP contribution < -0.4 is 5.32 Å². The predicted molar refractivity (Wildman–Crippen MR) is 40.4 cm³/mol. The number of amides is 1. The van der Waals surface area contributed by atoms with E-state index in [1.54, 1.807) is 0 Å². The Hall–Kier alpha value is 0.0600. The van der Waals surface area contributed by atoms with Crippen molar-refractivity contribution in [3.05, 3.63) is 0 Å². The fourth-order valence-electron chi connectivity index (χ4n) is 0.603. The van der Waals surface area contributed by atoms with E-state index in [2.05, 4.69) is 5.32 Å². The molecular formula is C5H6F2INO. The van der Waals surface area contributed by atoms with Gasteiger partial charge < -0.3 is 5.32 Å². The monoisotopic (exact) mass is 261 g/mol. The number of hydrogen-bond donors (Lipinski definition) is 1. The van der Waals surface area contributed by atoms with E-state index in [-0.39, 0.29) is 16.8 Å². The highest BCUT2D eigenvalue weighted by Crippen LogP contribution is 2.41. The third-order valence-electron chi connectivity index (χ3n) is 1.28. The Labute approximate surface area is 70.5 Å². The molecule has 1 unspecified atom stereocenters. The van der Waals surface area contributed by atoms with E-state index < -0.39 is 12.0 Å². The van der Waals surface area contributed by atoms with Gasteiger partial charge in [0.15, 0.2) is 0 Å². The molecule has 5 heteroatoms. The Morgan fingerprint density at radius 3 is 2.60 bits per heavy atom. The first-order valence-electron chi connectivity index (χ1n) is 2.79. The zero-order chi connectivity index (χ0) is 7.78. The molecule has 0 aromatic carbocycles. The van der Waals surface area contributed by atoms with Gasteiger partial charge in [0, 0.05) is 6.42 Å². The maximum absolute atomic E-state index is 12.1. The van der Waals surface area contributed by atoms with E-state index in [1.807, 2.05) is 22.6 Å². The van der Waals surface area contributed by atoms with Gasteiger partial charge in [-0.3, -0.25) is 4.79 Å². The molecule has 0 spiro atoms. The zero-order valence-corrected chi connectivity index (χ0v) is 7.19. The average Bonchev–Trinajstić information content (AvgIpc) is 2.40. The van der Waals surface area contributed by atoms with Crippen molar-refractivity contribution in [2.45, 2.75) is 18.4 Å². The molecule has 1 N–H and O–H groups in total. The smallest absolute Gasteiger partial charge is 0.270 e. The lowest BCUT2D eigenvalue weighted by atomic mass is 10.6. The van der Waals surface area contributed by atoms with Gasteiger partial charge in [0.1, 0.15) is 0 Å². The third-order valence-corrected chi connectivity index (χ3v) is 1.98. The van der Waals surface area contributed by atoms with Crippen molar-refractivity contribution >= 4 is 28.5 Å². The summed E-state index contributed by atoms with van der Waals surface area (Å²) < 4.78 is 24.4. The number of halogens is 3. The van der Waals surface area contributed by atoms with Crippen LogP contribution in [-0.4, -0.2) is 22.3 Å². The van der Waals surface area contributed by atoms with Crippen LogP contribution in [0.3, 0.4) is 0 Å². The molecule has 1 amide bonds. The normalized spacial score (nSPS) is 27.7. The molecule has 1 aliphatic carbocycles. The summed E-state index contributed by atoms with van der Waals surface area (Å²) in [6, 6.07) is -0.894. The van der Waals surface area contributed by atoms with E-state index in [0.29, 0.717) is 0 Å². The van der Waals surface area contributed by atoms with Gasteiger partial charge in [0.2, 0.25) is 5.91 Å². The summed E-state index contributed by atoms with van der Waals surface area (Å²) in [6.07, 6.45) is -0.199. The quantitative estimate of drug-likeness (QED) is 0.581. The van der Waals surface area contributed by atoms with Crippen LogP contribution in [0.2, 0.25) is 0 Å². The molecule has 10 heavy (non-hydrogen) atoms. The summed E-state index contributed by atoms with van der Waals surface area (Å²) >= 11 is 1.83. The molecule has 2 nitrogen and oxygen atoms in total. The van der Waals surface area contributed by atoms with Crippen molar-refractivity contribution in [2.24, 2.45) is 0 Å². The summed E-state index contributed by atoms with van der Waals surface area (Å²) in [5.74, 6) is -2.95. The second-order valence-electron chi connectivity index (χ2n) is 2.22. The van der Waals surface area contributed by atoms with Gasteiger partial charge in [-0.25, -0.2) is 8.78 Å². The number of hydrogen-bond acceptors (Lipinski definition) is 1. The van der Waals surface area contributed by atoms with E-state index >= 15 is 0 Å². The molecule has 0 heterocycles. The van der Waals surface area contributed by atoms with E-state index in [0.717, 1.165) is 0 Å². The molecule has 0 aromatic heterocycles. The first-order chi connectivity index (χ1) is 4.56. The number of alkyl halides is 3. The predicted octanol–water partition coefficient (Wildman–Crippen LogP) is 0.945. The Bertz CT molecular complexity index is 162. The fourth-order valence-corrected chi connectivity index (χ4v) is 0.823. The maximum atomic E-state index is 12.1. The topological polar surface area (TPSA) is 29.1 Å². The highest BCUT2D eigenvalue weighted by atomic mass is 127. The van der Waals surface area contributed by atoms with Crippen molar-refractivity contribution in [2.75, 3.05) is 4.43 Å². The lowest BCUT2D eigenvalue weighted by Crippen LogP contribution is -2.29. The zero-order valence-electron chi connectivity index (χ0n) is 5.03. The number of rotatable bonds is 2. The van der Waals surface area contributed by atoms with Crippen LogP contribution in [0.1, 0.15) is 6.42 Å². The molecule has 1 fully saturated rings. The second kappa shape index (κ2) is 2.60. The van der Waals surface area contributed by atoms with Gasteiger partial charge in [-0.15, -0.1) is 0 Å². The highest BCUT2D eigenvalue weighted by molar-refractivity contribution is 14.1. The summed E-state index contributed by atoms with van der Waals surface area (Å²) in [5, 5.41) is 2.20. The number of carbonyl (C=O) groups excluding carboxylic acids is 1. The van der Waals surface area contributed by atoms with E-state index in [9.17, 15) is 13.6 Å². The van der Waals surface area contributed by atoms with Crippen molar-refractivity contribution < 1.29 is 13.6 Å². The average molecular weight is 261 g/mol. The van der Waals surface area contributed by atoms with E-state index in [1.165, 1.54) is 0 Å². The Balaban J connectivity index is 2.24. The largest absolute Gasteiger partial charge is 0.346 e. The lowest BCUT2D eigenvalue weighted by Gasteiger charge is -1.98. The summed E-state index contributed by atoms with van der Waals surface area (Å²) in [7, 11) is 0. The molecule has 0 saturated heterocycles. The molecule has 58 valence electrons. The SMILES string of the molecule is O=C(CI)NC1CC1(F)F. The van der Waals surface area contributed by atoms with Gasteiger partial charge in [0.05, 0.1) is 10.5 Å². The summed E-state index contributed by atoms with van der Waals surface area (Å²) in [5.41, 5.74) is 0. The second-order valence-corrected chi connectivity index (χ2v) is 2.98. The van der Waals surface area contributed by atoms with Crippen LogP contribution in [0, 0.1) is 0 Å². The number of carbonyl (C=O) groups is 1. The summed E-state index contributed by atoms with van der Waals surface area (Å²) in [6.45, 7) is 0. The summed E-state index contributed by atoms with van der Waals surface area (Å²) in [4.78, 5) is 10.5. The highest BCUT2D eigenvalue weighted by Gasteiger charge is 2.57. The van der Waals surface area contributed by atoms with Gasteiger partial charge in [-0.1, -0.05) is 22.6 Å². The standard InChI is InChI=1S/C5H6F2INO/c6-5(7)1-3(5)9-4(10)2-8/h3H,1-2H2,(H,9,10).